The van der Waals surface area contributed by atoms with Gasteiger partial charge in [0.15, 0.2) is 5.78 Å². The molecule has 1 aromatic heterocycles. The van der Waals surface area contributed by atoms with Crippen molar-refractivity contribution in [1.82, 2.24) is 9.47 Å². The molecule has 3 heterocycles. The standard InChI is InChI=1S/C24H26N2O4/c1-16-22(24(27)17-6-8-19(28-2)9-7-17)20-4-3-5-21-23(20)26(16)18(15-30-21)14-25-10-12-29-13-11-25/h3-9,18H,10-15H2,1-2H3. The third-order valence-corrected chi connectivity index (χ3v) is 6.18. The third kappa shape index (κ3) is 3.16. The van der Waals surface area contributed by atoms with Gasteiger partial charge in [-0.2, -0.15) is 0 Å². The van der Waals surface area contributed by atoms with E-state index in [1.54, 1.807) is 7.11 Å². The number of morpholine rings is 1. The molecule has 5 rings (SSSR count). The maximum absolute atomic E-state index is 13.5. The lowest BCUT2D eigenvalue weighted by atomic mass is 10.0. The van der Waals surface area contributed by atoms with E-state index < -0.39 is 0 Å². The zero-order chi connectivity index (χ0) is 20.7. The SMILES string of the molecule is COc1ccc(C(=O)c2c(C)n3c4c(cccc24)OCC3CN2CCOCC2)cc1. The summed E-state index contributed by atoms with van der Waals surface area (Å²) in [6, 6.07) is 13.5. The Kier molecular flexibility index (Phi) is 4.97. The second-order valence-corrected chi connectivity index (χ2v) is 7.92. The maximum Gasteiger partial charge on any atom is 0.195 e. The van der Waals surface area contributed by atoms with E-state index >= 15 is 0 Å². The van der Waals surface area contributed by atoms with E-state index in [9.17, 15) is 4.79 Å². The molecule has 1 saturated heterocycles. The number of carbonyl (C=O) groups is 1. The fraction of sp³-hybridized carbons (Fsp3) is 0.375. The molecule has 2 aromatic carbocycles. The first-order valence-electron chi connectivity index (χ1n) is 10.4. The second kappa shape index (κ2) is 7.78. The molecule has 1 fully saturated rings. The molecule has 156 valence electrons. The summed E-state index contributed by atoms with van der Waals surface area (Å²) >= 11 is 0. The van der Waals surface area contributed by atoms with Crippen LogP contribution in [0.2, 0.25) is 0 Å². The lowest BCUT2D eigenvalue weighted by Crippen LogP contribution is -2.42. The van der Waals surface area contributed by atoms with Gasteiger partial charge in [-0.3, -0.25) is 9.69 Å². The van der Waals surface area contributed by atoms with Crippen LogP contribution in [0.4, 0.5) is 0 Å². The van der Waals surface area contributed by atoms with Crippen LogP contribution in [-0.2, 0) is 4.74 Å². The van der Waals surface area contributed by atoms with E-state index in [1.807, 2.05) is 42.5 Å². The first-order chi connectivity index (χ1) is 14.7. The third-order valence-electron chi connectivity index (χ3n) is 6.18. The molecule has 3 aromatic rings. The van der Waals surface area contributed by atoms with Gasteiger partial charge in [-0.15, -0.1) is 0 Å². The number of ether oxygens (including phenoxy) is 3. The predicted octanol–water partition coefficient (Wildman–Crippen LogP) is 3.46. The number of aromatic nitrogens is 1. The molecule has 1 unspecified atom stereocenters. The molecule has 0 radical (unpaired) electrons. The monoisotopic (exact) mass is 406 g/mol. The van der Waals surface area contributed by atoms with Gasteiger partial charge >= 0.3 is 0 Å². The number of hydrogen-bond donors (Lipinski definition) is 0. The zero-order valence-corrected chi connectivity index (χ0v) is 17.4. The molecule has 0 spiro atoms. The molecular weight excluding hydrogens is 380 g/mol. The quantitative estimate of drug-likeness (QED) is 0.608. The largest absolute Gasteiger partial charge is 0.497 e. The van der Waals surface area contributed by atoms with Gasteiger partial charge in [0.25, 0.3) is 0 Å². The van der Waals surface area contributed by atoms with Gasteiger partial charge in [0.05, 0.1) is 37.4 Å². The van der Waals surface area contributed by atoms with Crippen LogP contribution in [-0.4, -0.2) is 61.8 Å². The summed E-state index contributed by atoms with van der Waals surface area (Å²) in [6.45, 7) is 6.95. The first-order valence-corrected chi connectivity index (χ1v) is 10.4. The van der Waals surface area contributed by atoms with E-state index in [2.05, 4.69) is 16.4 Å². The van der Waals surface area contributed by atoms with Crippen LogP contribution >= 0.6 is 0 Å². The number of benzene rings is 2. The molecule has 0 aliphatic carbocycles. The molecule has 1 atom stereocenters. The van der Waals surface area contributed by atoms with Crippen LogP contribution in [0.25, 0.3) is 10.9 Å². The molecule has 0 N–H and O–H groups in total. The van der Waals surface area contributed by atoms with Crippen LogP contribution in [0.5, 0.6) is 11.5 Å². The number of carbonyl (C=O) groups excluding carboxylic acids is 1. The fourth-order valence-electron chi connectivity index (χ4n) is 4.68. The van der Waals surface area contributed by atoms with Crippen molar-refractivity contribution in [3.05, 3.63) is 59.3 Å². The summed E-state index contributed by atoms with van der Waals surface area (Å²) in [5, 5.41) is 0.956. The Labute approximate surface area is 175 Å². The minimum absolute atomic E-state index is 0.0306. The summed E-state index contributed by atoms with van der Waals surface area (Å²) < 4.78 is 19.2. The molecule has 0 amide bonds. The molecule has 0 bridgehead atoms. The van der Waals surface area contributed by atoms with Crippen LogP contribution in [0.15, 0.2) is 42.5 Å². The van der Waals surface area contributed by atoms with Gasteiger partial charge in [-0.05, 0) is 37.3 Å². The van der Waals surface area contributed by atoms with E-state index in [1.165, 1.54) is 0 Å². The normalized spacial score (nSPS) is 18.9. The molecule has 6 heteroatoms. The Hall–Kier alpha value is -2.83. The number of rotatable bonds is 5. The molecular formula is C24H26N2O4. The molecule has 2 aliphatic heterocycles. The Morgan fingerprint density at radius 2 is 1.90 bits per heavy atom. The van der Waals surface area contributed by atoms with Crippen molar-refractivity contribution < 1.29 is 19.0 Å². The Balaban J connectivity index is 1.58. The number of nitrogens with zero attached hydrogens (tertiary/aromatic N) is 2. The van der Waals surface area contributed by atoms with Crippen molar-refractivity contribution in [2.75, 3.05) is 46.6 Å². The number of methoxy groups -OCH3 is 1. The zero-order valence-electron chi connectivity index (χ0n) is 17.4. The van der Waals surface area contributed by atoms with Crippen molar-refractivity contribution in [3.63, 3.8) is 0 Å². The number of hydrogen-bond acceptors (Lipinski definition) is 5. The highest BCUT2D eigenvalue weighted by Crippen LogP contribution is 2.39. The minimum atomic E-state index is 0.0306. The van der Waals surface area contributed by atoms with Crippen LogP contribution in [0.3, 0.4) is 0 Å². The number of ketones is 1. The van der Waals surface area contributed by atoms with Gasteiger partial charge in [0, 0.05) is 36.3 Å². The van der Waals surface area contributed by atoms with Crippen molar-refractivity contribution in [2.45, 2.75) is 13.0 Å². The Morgan fingerprint density at radius 3 is 2.63 bits per heavy atom. The summed E-state index contributed by atoms with van der Waals surface area (Å²) in [6.07, 6.45) is 0. The smallest absolute Gasteiger partial charge is 0.195 e. The first kappa shape index (κ1) is 19.2. The highest BCUT2D eigenvalue weighted by Gasteiger charge is 2.31. The summed E-state index contributed by atoms with van der Waals surface area (Å²) in [7, 11) is 1.63. The predicted molar refractivity (Wildman–Crippen MR) is 115 cm³/mol. The van der Waals surface area contributed by atoms with E-state index in [4.69, 9.17) is 14.2 Å². The number of para-hydroxylation sites is 1. The minimum Gasteiger partial charge on any atom is -0.497 e. The Bertz CT molecular complexity index is 1080. The highest BCUT2D eigenvalue weighted by molar-refractivity contribution is 6.18. The van der Waals surface area contributed by atoms with E-state index in [0.717, 1.165) is 66.5 Å². The molecule has 2 aliphatic rings. The molecule has 6 nitrogen and oxygen atoms in total. The maximum atomic E-state index is 13.5. The van der Waals surface area contributed by atoms with Crippen molar-refractivity contribution in [3.8, 4) is 11.5 Å². The van der Waals surface area contributed by atoms with Crippen molar-refractivity contribution in [1.29, 1.82) is 0 Å². The lowest BCUT2D eigenvalue weighted by Gasteiger charge is -2.34. The van der Waals surface area contributed by atoms with Gasteiger partial charge in [-0.25, -0.2) is 0 Å². The van der Waals surface area contributed by atoms with Crippen molar-refractivity contribution >= 4 is 16.7 Å². The highest BCUT2D eigenvalue weighted by atomic mass is 16.5. The average molecular weight is 406 g/mol. The lowest BCUT2D eigenvalue weighted by molar-refractivity contribution is 0.0272. The summed E-state index contributed by atoms with van der Waals surface area (Å²) in [5.74, 6) is 1.62. The summed E-state index contributed by atoms with van der Waals surface area (Å²) in [4.78, 5) is 15.9. The van der Waals surface area contributed by atoms with Crippen LogP contribution in [0, 0.1) is 6.92 Å². The average Bonchev–Trinajstić information content (AvgIpc) is 3.09. The van der Waals surface area contributed by atoms with Crippen LogP contribution < -0.4 is 9.47 Å². The van der Waals surface area contributed by atoms with Gasteiger partial charge in [0.2, 0.25) is 0 Å². The second-order valence-electron chi connectivity index (χ2n) is 7.92. The van der Waals surface area contributed by atoms with Gasteiger partial charge in [-0.1, -0.05) is 12.1 Å². The van der Waals surface area contributed by atoms with Gasteiger partial charge < -0.3 is 18.8 Å². The fourth-order valence-corrected chi connectivity index (χ4v) is 4.68. The Morgan fingerprint density at radius 1 is 1.13 bits per heavy atom. The molecule has 30 heavy (non-hydrogen) atoms. The van der Waals surface area contributed by atoms with Crippen LogP contribution in [0.1, 0.15) is 27.7 Å². The molecule has 0 saturated carbocycles. The van der Waals surface area contributed by atoms with E-state index in [0.29, 0.717) is 12.2 Å². The van der Waals surface area contributed by atoms with Gasteiger partial charge in [0.1, 0.15) is 18.1 Å². The van der Waals surface area contributed by atoms with E-state index in [-0.39, 0.29) is 11.8 Å². The van der Waals surface area contributed by atoms with Crippen molar-refractivity contribution in [2.24, 2.45) is 0 Å². The summed E-state index contributed by atoms with van der Waals surface area (Å²) in [5.41, 5.74) is 3.44. The topological polar surface area (TPSA) is 52.9 Å².